The molecule has 0 radical (unpaired) electrons. The monoisotopic (exact) mass is 1150 g/mol. The number of unbranched alkanes of at least 4 members (excludes halogenated alkanes) is 36. The molecule has 0 unspecified atom stereocenters. The zero-order valence-electron chi connectivity index (χ0n) is 53.1. The first-order valence-corrected chi connectivity index (χ1v) is 36.7. The summed E-state index contributed by atoms with van der Waals surface area (Å²) >= 11 is 0. The maximum atomic E-state index is 7.44. The average Bonchev–Trinajstić information content (AvgIpc) is 3.49. The van der Waals surface area contributed by atoms with Crippen molar-refractivity contribution in [2.75, 3.05) is 0 Å². The van der Waals surface area contributed by atoms with Crippen LogP contribution < -0.4 is 13.6 Å². The molecule has 80 heavy (non-hydrogen) atoms. The lowest BCUT2D eigenvalue weighted by atomic mass is 9.95. The van der Waals surface area contributed by atoms with Crippen LogP contribution in [0.15, 0.2) is 54.6 Å². The molecule has 0 bridgehead atoms. The van der Waals surface area contributed by atoms with Gasteiger partial charge >= 0.3 is 17.2 Å². The van der Waals surface area contributed by atoms with Crippen LogP contribution >= 0.6 is 17.2 Å². The lowest BCUT2D eigenvalue weighted by Crippen LogP contribution is -2.09. The lowest BCUT2D eigenvalue weighted by Gasteiger charge is -2.24. The smallest absolute Gasteiger partial charge is 0.408 e. The van der Waals surface area contributed by atoms with Gasteiger partial charge in [0.2, 0.25) is 0 Å². The second-order valence-electron chi connectivity index (χ2n) is 23.7. The zero-order chi connectivity index (χ0) is 57.8. The van der Waals surface area contributed by atoms with Gasteiger partial charge in [0.25, 0.3) is 0 Å². The molecule has 6 nitrogen and oxygen atoms in total. The highest BCUT2D eigenvalue weighted by atomic mass is 31.2. The molecule has 0 aliphatic heterocycles. The molecule has 0 spiro atoms. The van der Waals surface area contributed by atoms with Crippen LogP contribution in [0.2, 0.25) is 0 Å². The van der Waals surface area contributed by atoms with Crippen LogP contribution in [-0.2, 0) is 38.5 Å². The Morgan fingerprint density at radius 2 is 0.425 bits per heavy atom. The average molecular weight is 1150 g/mol. The van der Waals surface area contributed by atoms with Crippen LogP contribution in [0.3, 0.4) is 0 Å². The van der Waals surface area contributed by atoms with Gasteiger partial charge in [-0.2, -0.15) is 0 Å². The first-order chi connectivity index (χ1) is 39.3. The highest BCUT2D eigenvalue weighted by Crippen LogP contribution is 2.47. The Labute approximate surface area is 498 Å². The van der Waals surface area contributed by atoms with E-state index in [4.69, 9.17) is 28.3 Å². The summed E-state index contributed by atoms with van der Waals surface area (Å²) in [6.45, 7) is 13.9. The van der Waals surface area contributed by atoms with Crippen LogP contribution in [0.5, 0.6) is 17.2 Å². The summed E-state index contributed by atoms with van der Waals surface area (Å²) in [4.78, 5) is 21.7. The van der Waals surface area contributed by atoms with Gasteiger partial charge < -0.3 is 28.3 Å². The number of hydrogen-bond acceptors (Lipinski definition) is 6. The van der Waals surface area contributed by atoms with Gasteiger partial charge in [-0.05, 0) is 129 Å². The van der Waals surface area contributed by atoms with Gasteiger partial charge in [-0.25, -0.2) is 0 Å². The summed E-state index contributed by atoms with van der Waals surface area (Å²) < 4.78 is 22.3. The molecule has 0 aliphatic rings. The summed E-state index contributed by atoms with van der Waals surface area (Å²) in [6, 6.07) is 20.8. The molecule has 0 saturated heterocycles. The number of hydrogen-bond donors (Lipinski definition) is 3. The van der Waals surface area contributed by atoms with Crippen molar-refractivity contribution in [2.24, 2.45) is 0 Å². The van der Waals surface area contributed by atoms with Gasteiger partial charge in [-0.1, -0.05) is 309 Å². The molecule has 0 atom stereocenters. The highest BCUT2D eigenvalue weighted by molar-refractivity contribution is 7.43. The molecular weight excluding hydrogens is 1020 g/mol. The van der Waals surface area contributed by atoms with Crippen molar-refractivity contribution in [3.8, 4) is 17.2 Å². The molecule has 3 aromatic rings. The van der Waals surface area contributed by atoms with Crippen LogP contribution in [-0.4, -0.2) is 14.7 Å². The predicted molar refractivity (Wildman–Crippen MR) is 352 cm³/mol. The van der Waals surface area contributed by atoms with E-state index in [0.29, 0.717) is 0 Å². The van der Waals surface area contributed by atoms with E-state index < -0.39 is 17.2 Å². The van der Waals surface area contributed by atoms with Gasteiger partial charge in [0.1, 0.15) is 17.2 Å². The Bertz CT molecular complexity index is 1630. The van der Waals surface area contributed by atoms with E-state index in [2.05, 4.69) is 96.1 Å². The summed E-state index contributed by atoms with van der Waals surface area (Å²) in [6.07, 6.45) is 61.9. The third kappa shape index (κ3) is 37.9. The van der Waals surface area contributed by atoms with Crippen LogP contribution in [0, 0.1) is 0 Å². The summed E-state index contributed by atoms with van der Waals surface area (Å²) in [5.41, 5.74) is 8.61. The first-order valence-electron chi connectivity index (χ1n) is 34.4. The van der Waals surface area contributed by atoms with E-state index in [9.17, 15) is 0 Å². The minimum atomic E-state index is -2.62. The molecule has 0 aromatic heterocycles. The minimum Gasteiger partial charge on any atom is -0.408 e. The number of aryl methyl sites for hydroxylation is 3. The van der Waals surface area contributed by atoms with E-state index in [1.165, 1.54) is 303 Å². The minimum absolute atomic E-state index is 0.984. The molecule has 460 valence electrons. The third-order valence-electron chi connectivity index (χ3n) is 16.4. The van der Waals surface area contributed by atoms with E-state index in [-0.39, 0.29) is 0 Å². The molecule has 0 aliphatic carbocycles. The van der Waals surface area contributed by atoms with Crippen molar-refractivity contribution in [1.82, 2.24) is 0 Å². The largest absolute Gasteiger partial charge is 0.530 e. The fourth-order valence-corrected chi connectivity index (χ4v) is 12.6. The maximum absolute atomic E-state index is 7.44. The molecule has 0 fully saturated rings. The van der Waals surface area contributed by atoms with Crippen molar-refractivity contribution in [1.29, 1.82) is 0 Å². The summed E-state index contributed by atoms with van der Waals surface area (Å²) in [5.74, 6) is 2.95. The van der Waals surface area contributed by atoms with E-state index in [1.807, 2.05) is 0 Å². The third-order valence-corrected chi connectivity index (χ3v) is 17.5. The van der Waals surface area contributed by atoms with Crippen molar-refractivity contribution in [2.45, 2.75) is 350 Å². The van der Waals surface area contributed by atoms with E-state index >= 15 is 0 Å². The fraction of sp³-hybridized carbons (Fsp3) is 0.750. The van der Waals surface area contributed by atoms with Crippen molar-refractivity contribution in [3.05, 3.63) is 88.0 Å². The molecule has 3 rings (SSSR count). The quantitative estimate of drug-likeness (QED) is 0.0386. The highest BCUT2D eigenvalue weighted by Gasteiger charge is 2.26. The van der Waals surface area contributed by atoms with Crippen molar-refractivity contribution < 1.29 is 28.3 Å². The lowest BCUT2D eigenvalue weighted by molar-refractivity contribution is 0.368. The Hall–Kier alpha value is -2.20. The number of rotatable bonds is 54. The standard InChI is InChI=1S/C72H123O3P.H3O3P/c1-7-13-19-25-31-37-43-52-64-55-49-61-70(67(64)58-46-40-34-28-22-16-10-4)73-76(74-71-62-50-56-65(53-44-38-32-26-20-14-8-2)68(71)59-47-41-35-29-23-17-11-5)75-72-63-51-57-66(54-45-39-33-27-21-15-9-3)69(72)60-48-42-36-30-24-18-12-6;1-4(2)3/h49-51,55-57,61-63H,7-48,52-54,58-60H2,1-6H3;1-3H. The fourth-order valence-electron chi connectivity index (χ4n) is 11.5. The van der Waals surface area contributed by atoms with Gasteiger partial charge in [-0.15, -0.1) is 0 Å². The first kappa shape index (κ1) is 73.9. The van der Waals surface area contributed by atoms with Crippen molar-refractivity contribution >= 4 is 17.2 Å². The molecule has 0 saturated carbocycles. The Kier molecular flexibility index (Phi) is 49.4. The Balaban J connectivity index is 0.00000528. The van der Waals surface area contributed by atoms with Crippen LogP contribution in [0.25, 0.3) is 0 Å². The molecule has 0 heterocycles. The maximum Gasteiger partial charge on any atom is 0.530 e. The Morgan fingerprint density at radius 1 is 0.250 bits per heavy atom. The van der Waals surface area contributed by atoms with Crippen LogP contribution in [0.4, 0.5) is 0 Å². The second kappa shape index (κ2) is 53.5. The van der Waals surface area contributed by atoms with E-state index in [0.717, 1.165) is 55.8 Å². The van der Waals surface area contributed by atoms with E-state index in [1.54, 1.807) is 0 Å². The molecule has 3 aromatic carbocycles. The predicted octanol–water partition coefficient (Wildman–Crippen LogP) is 24.4. The molecule has 3 N–H and O–H groups in total. The number of benzene rings is 3. The Morgan fingerprint density at radius 3 is 0.625 bits per heavy atom. The zero-order valence-corrected chi connectivity index (χ0v) is 54.9. The van der Waals surface area contributed by atoms with Gasteiger partial charge in [0.05, 0.1) is 0 Å². The SMILES string of the molecule is CCCCCCCCCc1cccc(OP(Oc2cccc(CCCCCCCCC)c2CCCCCCCCC)Oc2cccc(CCCCCCCCC)c2CCCCCCCCC)c1CCCCCCCCC.OP(O)O. The molecule has 8 heteroatoms. The van der Waals surface area contributed by atoms with Gasteiger partial charge in [-0.3, -0.25) is 0 Å². The second-order valence-corrected chi connectivity index (χ2v) is 25.2. The molecule has 0 amide bonds. The van der Waals surface area contributed by atoms with Gasteiger partial charge in [0, 0.05) is 0 Å². The van der Waals surface area contributed by atoms with Crippen molar-refractivity contribution in [3.63, 3.8) is 0 Å². The van der Waals surface area contributed by atoms with Gasteiger partial charge in [0.15, 0.2) is 0 Å². The topological polar surface area (TPSA) is 88.4 Å². The van der Waals surface area contributed by atoms with Crippen LogP contribution in [0.1, 0.15) is 345 Å². The summed E-state index contributed by atoms with van der Waals surface area (Å²) in [7, 11) is -4.46. The summed E-state index contributed by atoms with van der Waals surface area (Å²) in [5, 5.41) is 0. The molecular formula is C72H126O6P2. The normalized spacial score (nSPS) is 11.4.